The van der Waals surface area contributed by atoms with Gasteiger partial charge in [-0.2, -0.15) is 0 Å². The zero-order valence-corrected chi connectivity index (χ0v) is 14.3. The molecule has 1 heterocycles. The van der Waals surface area contributed by atoms with Gasteiger partial charge in [0.25, 0.3) is 0 Å². The first-order valence-corrected chi connectivity index (χ1v) is 8.04. The van der Waals surface area contributed by atoms with E-state index in [1.165, 1.54) is 0 Å². The van der Waals surface area contributed by atoms with Gasteiger partial charge in [0.15, 0.2) is 0 Å². The molecule has 0 fully saturated rings. The number of nitrogens with zero attached hydrogens (tertiary/aromatic N) is 1. The third-order valence-corrected chi connectivity index (χ3v) is 5.02. The van der Waals surface area contributed by atoms with E-state index in [0.717, 1.165) is 21.3 Å². The number of hydrogen-bond acceptors (Lipinski definition) is 4. The molecule has 2 aromatic rings. The van der Waals surface area contributed by atoms with Crippen LogP contribution < -0.4 is 0 Å². The number of rotatable bonds is 2. The highest BCUT2D eigenvalue weighted by atomic mass is 79.9. The first-order valence-electron chi connectivity index (χ1n) is 7.24. The van der Waals surface area contributed by atoms with Gasteiger partial charge in [0.2, 0.25) is 0 Å². The van der Waals surface area contributed by atoms with Gasteiger partial charge >= 0.3 is 0 Å². The van der Waals surface area contributed by atoms with E-state index in [4.69, 9.17) is 4.52 Å². The van der Waals surface area contributed by atoms with Crippen LogP contribution in [0.1, 0.15) is 42.3 Å². The van der Waals surface area contributed by atoms with Crippen LogP contribution in [0.5, 0.6) is 0 Å². The van der Waals surface area contributed by atoms with Gasteiger partial charge in [-0.15, -0.1) is 0 Å². The summed E-state index contributed by atoms with van der Waals surface area (Å²) in [7, 11) is 0. The number of benzene rings is 1. The van der Waals surface area contributed by atoms with Crippen molar-refractivity contribution in [2.24, 2.45) is 5.92 Å². The molecule has 0 amide bonds. The lowest BCUT2D eigenvalue weighted by Crippen LogP contribution is -2.48. The maximum absolute atomic E-state index is 12.3. The molecule has 0 radical (unpaired) electrons. The fourth-order valence-corrected chi connectivity index (χ4v) is 3.89. The molecule has 1 N–H and O–H groups in total. The molecular formula is C17H18BrNO3. The topological polar surface area (TPSA) is 63.3 Å². The van der Waals surface area contributed by atoms with E-state index in [9.17, 15) is 9.90 Å². The molecule has 0 unspecified atom stereocenters. The van der Waals surface area contributed by atoms with Crippen LogP contribution in [0, 0.1) is 12.8 Å². The number of aliphatic hydroxyl groups is 1. The number of carbonyl (C=O) groups excluding carboxylic acids is 1. The van der Waals surface area contributed by atoms with Crippen LogP contribution in [0.4, 0.5) is 0 Å². The van der Waals surface area contributed by atoms with Crippen molar-refractivity contribution in [1.82, 2.24) is 5.16 Å². The number of ketones is 1. The summed E-state index contributed by atoms with van der Waals surface area (Å²) in [4.78, 5) is 12.3. The van der Waals surface area contributed by atoms with E-state index in [2.05, 4.69) is 21.1 Å². The third-order valence-electron chi connectivity index (χ3n) is 4.49. The SMILES string of the molecule is CC(=O)[C@@H]1[C@@H](c2ccc(Br)cc2)c2c(noc2C)C[C@]1(C)O. The van der Waals surface area contributed by atoms with Crippen LogP contribution >= 0.6 is 15.9 Å². The van der Waals surface area contributed by atoms with Gasteiger partial charge in [-0.05, 0) is 38.5 Å². The minimum atomic E-state index is -1.14. The molecule has 0 saturated heterocycles. The van der Waals surface area contributed by atoms with E-state index in [1.54, 1.807) is 13.8 Å². The Morgan fingerprint density at radius 1 is 1.41 bits per heavy atom. The summed E-state index contributed by atoms with van der Waals surface area (Å²) < 4.78 is 6.31. The van der Waals surface area contributed by atoms with E-state index in [0.29, 0.717) is 12.2 Å². The molecule has 0 saturated carbocycles. The number of carbonyl (C=O) groups is 1. The fourth-order valence-electron chi connectivity index (χ4n) is 3.63. The average Bonchev–Trinajstić information content (AvgIpc) is 2.77. The van der Waals surface area contributed by atoms with Crippen molar-refractivity contribution in [2.45, 2.75) is 38.7 Å². The molecule has 3 atom stereocenters. The Balaban J connectivity index is 2.23. The minimum absolute atomic E-state index is 0.0239. The maximum atomic E-state index is 12.3. The smallest absolute Gasteiger partial charge is 0.137 e. The van der Waals surface area contributed by atoms with Crippen molar-refractivity contribution >= 4 is 21.7 Å². The predicted octanol–water partition coefficient (Wildman–Crippen LogP) is 3.39. The molecule has 3 rings (SSSR count). The summed E-state index contributed by atoms with van der Waals surface area (Å²) >= 11 is 3.43. The minimum Gasteiger partial charge on any atom is -0.389 e. The quantitative estimate of drug-likeness (QED) is 0.887. The molecule has 0 bridgehead atoms. The highest BCUT2D eigenvalue weighted by Crippen LogP contribution is 2.47. The monoisotopic (exact) mass is 363 g/mol. The molecule has 0 aliphatic heterocycles. The number of halogens is 1. The Morgan fingerprint density at radius 2 is 2.05 bits per heavy atom. The Labute approximate surface area is 137 Å². The second-order valence-electron chi connectivity index (χ2n) is 6.25. The van der Waals surface area contributed by atoms with Crippen molar-refractivity contribution < 1.29 is 14.4 Å². The van der Waals surface area contributed by atoms with Crippen molar-refractivity contribution in [1.29, 1.82) is 0 Å². The van der Waals surface area contributed by atoms with Crippen LogP contribution in [-0.2, 0) is 11.2 Å². The maximum Gasteiger partial charge on any atom is 0.137 e. The zero-order valence-electron chi connectivity index (χ0n) is 12.8. The van der Waals surface area contributed by atoms with E-state index in [1.807, 2.05) is 31.2 Å². The van der Waals surface area contributed by atoms with E-state index in [-0.39, 0.29) is 11.7 Å². The van der Waals surface area contributed by atoms with Gasteiger partial charge in [0.05, 0.1) is 17.2 Å². The zero-order chi connectivity index (χ0) is 16.1. The molecular weight excluding hydrogens is 346 g/mol. The van der Waals surface area contributed by atoms with Crippen molar-refractivity contribution in [3.8, 4) is 0 Å². The first kappa shape index (κ1) is 15.4. The van der Waals surface area contributed by atoms with Crippen LogP contribution in [0.25, 0.3) is 0 Å². The molecule has 22 heavy (non-hydrogen) atoms. The molecule has 1 aliphatic rings. The standard InChI is InChI=1S/C17H18BrNO3/c1-9(20)16-15(11-4-6-12(18)7-5-11)14-10(2)22-19-13(14)8-17(16,3)21/h4-7,15-16,21H,8H2,1-3H3/t15-,16+,17-/m0/s1. The van der Waals surface area contributed by atoms with Gasteiger partial charge in [-0.1, -0.05) is 33.2 Å². The van der Waals surface area contributed by atoms with Crippen LogP contribution in [0.2, 0.25) is 0 Å². The summed E-state index contributed by atoms with van der Waals surface area (Å²) in [5.41, 5.74) is 1.53. The molecule has 0 spiro atoms. The molecule has 4 nitrogen and oxygen atoms in total. The van der Waals surface area contributed by atoms with Gasteiger partial charge in [0, 0.05) is 22.4 Å². The molecule has 1 aliphatic carbocycles. The Kier molecular flexibility index (Phi) is 3.73. The molecule has 1 aromatic heterocycles. The lowest BCUT2D eigenvalue weighted by atomic mass is 9.64. The van der Waals surface area contributed by atoms with Crippen molar-refractivity contribution in [3.63, 3.8) is 0 Å². The Bertz CT molecular complexity index is 718. The van der Waals surface area contributed by atoms with E-state index < -0.39 is 11.5 Å². The van der Waals surface area contributed by atoms with Crippen LogP contribution in [0.3, 0.4) is 0 Å². The predicted molar refractivity (Wildman–Crippen MR) is 85.7 cm³/mol. The lowest BCUT2D eigenvalue weighted by Gasteiger charge is -2.40. The average molecular weight is 364 g/mol. The summed E-state index contributed by atoms with van der Waals surface area (Å²) in [5, 5.41) is 14.9. The third kappa shape index (κ3) is 2.42. The first-order chi connectivity index (χ1) is 10.3. The summed E-state index contributed by atoms with van der Waals surface area (Å²) in [6.45, 7) is 5.10. The van der Waals surface area contributed by atoms with Crippen LogP contribution in [0.15, 0.2) is 33.3 Å². The number of hydrogen-bond donors (Lipinski definition) is 1. The van der Waals surface area contributed by atoms with Gasteiger partial charge < -0.3 is 9.63 Å². The summed E-state index contributed by atoms with van der Waals surface area (Å²) in [6.07, 6.45) is 0.330. The molecule has 116 valence electrons. The number of aromatic nitrogens is 1. The van der Waals surface area contributed by atoms with Gasteiger partial charge in [0.1, 0.15) is 11.5 Å². The lowest BCUT2D eigenvalue weighted by molar-refractivity contribution is -0.130. The molecule has 1 aromatic carbocycles. The highest BCUT2D eigenvalue weighted by Gasteiger charge is 2.49. The Morgan fingerprint density at radius 3 is 2.64 bits per heavy atom. The highest BCUT2D eigenvalue weighted by molar-refractivity contribution is 9.10. The van der Waals surface area contributed by atoms with Gasteiger partial charge in [-0.25, -0.2) is 0 Å². The number of Topliss-reactive ketones (excluding diaryl/α,β-unsaturated/α-hetero) is 1. The number of aryl methyl sites for hydroxylation is 1. The van der Waals surface area contributed by atoms with Crippen molar-refractivity contribution in [2.75, 3.05) is 0 Å². The normalized spacial score (nSPS) is 27.5. The summed E-state index contributed by atoms with van der Waals surface area (Å²) in [5.74, 6) is -0.0660. The fraction of sp³-hybridized carbons (Fsp3) is 0.412. The molecule has 5 heteroatoms. The largest absolute Gasteiger partial charge is 0.389 e. The second-order valence-corrected chi connectivity index (χ2v) is 7.17. The van der Waals surface area contributed by atoms with E-state index >= 15 is 0 Å². The second kappa shape index (κ2) is 5.32. The van der Waals surface area contributed by atoms with Gasteiger partial charge in [-0.3, -0.25) is 4.79 Å². The Hall–Kier alpha value is -1.46. The van der Waals surface area contributed by atoms with Crippen LogP contribution in [-0.4, -0.2) is 21.6 Å². The summed E-state index contributed by atoms with van der Waals surface area (Å²) in [6, 6.07) is 7.83. The number of fused-ring (bicyclic) bond motifs is 1. The van der Waals surface area contributed by atoms with Crippen molar-refractivity contribution in [3.05, 3.63) is 51.3 Å².